The average molecular weight is 265 g/mol. The van der Waals surface area contributed by atoms with E-state index in [1.54, 1.807) is 13.0 Å². The van der Waals surface area contributed by atoms with E-state index in [1.807, 2.05) is 4.68 Å². The molecule has 2 aliphatic heterocycles. The molecule has 6 nitrogen and oxygen atoms in total. The monoisotopic (exact) mass is 265 g/mol. The van der Waals surface area contributed by atoms with Crippen molar-refractivity contribution in [3.63, 3.8) is 0 Å². The molecule has 1 aromatic rings. The highest BCUT2D eigenvalue weighted by atomic mass is 16.5. The molecule has 0 amide bonds. The number of carbonyl (C=O) groups is 1. The van der Waals surface area contributed by atoms with Crippen molar-refractivity contribution in [1.82, 2.24) is 15.1 Å². The standard InChI is InChI=1S/C13H19N3O3/c1-2-18-12(17)11-7-10-8-19-13(9-16(10)15-11)3-5-14-6-4-13/h7,14H,2-6,8-9H2,1H3. The number of aromatic nitrogens is 2. The van der Waals surface area contributed by atoms with Gasteiger partial charge in [0, 0.05) is 0 Å². The first kappa shape index (κ1) is 12.6. The van der Waals surface area contributed by atoms with Crippen LogP contribution >= 0.6 is 0 Å². The Bertz CT molecular complexity index is 477. The second-order valence-corrected chi connectivity index (χ2v) is 5.12. The van der Waals surface area contributed by atoms with Crippen molar-refractivity contribution in [3.8, 4) is 0 Å². The van der Waals surface area contributed by atoms with Crippen LogP contribution in [0.2, 0.25) is 0 Å². The lowest BCUT2D eigenvalue weighted by Gasteiger charge is -2.40. The van der Waals surface area contributed by atoms with Gasteiger partial charge in [-0.2, -0.15) is 5.10 Å². The molecule has 104 valence electrons. The summed E-state index contributed by atoms with van der Waals surface area (Å²) in [5.74, 6) is -0.358. The molecule has 0 bridgehead atoms. The molecule has 1 aromatic heterocycles. The van der Waals surface area contributed by atoms with Crippen molar-refractivity contribution >= 4 is 5.97 Å². The van der Waals surface area contributed by atoms with Gasteiger partial charge < -0.3 is 14.8 Å². The quantitative estimate of drug-likeness (QED) is 0.798. The smallest absolute Gasteiger partial charge is 0.358 e. The molecule has 1 saturated heterocycles. The van der Waals surface area contributed by atoms with Crippen LogP contribution in [0, 0.1) is 0 Å². The molecule has 1 fully saturated rings. The molecule has 0 aromatic carbocycles. The number of esters is 1. The van der Waals surface area contributed by atoms with E-state index in [-0.39, 0.29) is 11.6 Å². The molecular weight excluding hydrogens is 246 g/mol. The molecular formula is C13H19N3O3. The van der Waals surface area contributed by atoms with Gasteiger partial charge in [0.15, 0.2) is 5.69 Å². The second-order valence-electron chi connectivity index (χ2n) is 5.12. The van der Waals surface area contributed by atoms with Crippen molar-refractivity contribution < 1.29 is 14.3 Å². The van der Waals surface area contributed by atoms with Crippen LogP contribution in [0.15, 0.2) is 6.07 Å². The van der Waals surface area contributed by atoms with E-state index in [1.165, 1.54) is 0 Å². The number of rotatable bonds is 2. The zero-order valence-corrected chi connectivity index (χ0v) is 11.1. The van der Waals surface area contributed by atoms with Gasteiger partial charge in [-0.05, 0) is 38.9 Å². The second kappa shape index (κ2) is 4.94. The normalized spacial score (nSPS) is 21.1. The Morgan fingerprint density at radius 2 is 2.37 bits per heavy atom. The van der Waals surface area contributed by atoms with Crippen molar-refractivity contribution in [3.05, 3.63) is 17.5 Å². The average Bonchev–Trinajstić information content (AvgIpc) is 2.83. The molecule has 1 spiro atoms. The van der Waals surface area contributed by atoms with Crippen LogP contribution in [0.5, 0.6) is 0 Å². The summed E-state index contributed by atoms with van der Waals surface area (Å²) in [6.07, 6.45) is 1.97. The molecule has 1 N–H and O–H groups in total. The van der Waals surface area contributed by atoms with Gasteiger partial charge in [-0.15, -0.1) is 0 Å². The Balaban J connectivity index is 1.79. The minimum atomic E-state index is -0.358. The molecule has 0 unspecified atom stereocenters. The van der Waals surface area contributed by atoms with Crippen LogP contribution in [0.3, 0.4) is 0 Å². The van der Waals surface area contributed by atoms with E-state index in [2.05, 4.69) is 10.4 Å². The highest BCUT2D eigenvalue weighted by Gasteiger charge is 2.38. The maximum Gasteiger partial charge on any atom is 0.358 e. The highest BCUT2D eigenvalue weighted by molar-refractivity contribution is 5.87. The van der Waals surface area contributed by atoms with Gasteiger partial charge in [0.1, 0.15) is 0 Å². The van der Waals surface area contributed by atoms with E-state index in [0.717, 1.165) is 38.2 Å². The first-order valence-electron chi connectivity index (χ1n) is 6.81. The van der Waals surface area contributed by atoms with Gasteiger partial charge in [-0.3, -0.25) is 4.68 Å². The third-order valence-electron chi connectivity index (χ3n) is 3.83. The van der Waals surface area contributed by atoms with Crippen LogP contribution in [0.25, 0.3) is 0 Å². The Hall–Kier alpha value is -1.40. The summed E-state index contributed by atoms with van der Waals surface area (Å²) in [5, 5.41) is 7.70. The van der Waals surface area contributed by atoms with Crippen LogP contribution in [-0.4, -0.2) is 41.0 Å². The minimum absolute atomic E-state index is 0.115. The fourth-order valence-corrected chi connectivity index (χ4v) is 2.74. The SMILES string of the molecule is CCOC(=O)c1cc2n(n1)CC1(CCNCC1)OC2. The fourth-order valence-electron chi connectivity index (χ4n) is 2.74. The third kappa shape index (κ3) is 2.37. The number of carbonyl (C=O) groups excluding carboxylic acids is 1. The van der Waals surface area contributed by atoms with E-state index < -0.39 is 0 Å². The molecule has 19 heavy (non-hydrogen) atoms. The largest absolute Gasteiger partial charge is 0.461 e. The van der Waals surface area contributed by atoms with E-state index >= 15 is 0 Å². The zero-order chi connectivity index (χ0) is 13.3. The maximum absolute atomic E-state index is 11.7. The van der Waals surface area contributed by atoms with Crippen molar-refractivity contribution in [1.29, 1.82) is 0 Å². The summed E-state index contributed by atoms with van der Waals surface area (Å²) in [4.78, 5) is 11.7. The Labute approximate surface area is 112 Å². The predicted octanol–water partition coefficient (Wildman–Crippen LogP) is 0.712. The molecule has 6 heteroatoms. The van der Waals surface area contributed by atoms with Crippen LogP contribution in [0.1, 0.15) is 35.9 Å². The molecule has 3 heterocycles. The van der Waals surface area contributed by atoms with Gasteiger partial charge >= 0.3 is 5.97 Å². The van der Waals surface area contributed by atoms with Gasteiger partial charge in [0.25, 0.3) is 0 Å². The number of hydrogen-bond donors (Lipinski definition) is 1. The van der Waals surface area contributed by atoms with Crippen molar-refractivity contribution in [2.24, 2.45) is 0 Å². The van der Waals surface area contributed by atoms with E-state index in [4.69, 9.17) is 9.47 Å². The first-order chi connectivity index (χ1) is 9.22. The summed E-state index contributed by atoms with van der Waals surface area (Å²) < 4.78 is 12.9. The van der Waals surface area contributed by atoms with Gasteiger partial charge in [0.2, 0.25) is 0 Å². The maximum atomic E-state index is 11.7. The topological polar surface area (TPSA) is 65.4 Å². The predicted molar refractivity (Wildman–Crippen MR) is 67.8 cm³/mol. The number of ether oxygens (including phenoxy) is 2. The Morgan fingerprint density at radius 1 is 1.58 bits per heavy atom. The molecule has 0 radical (unpaired) electrons. The van der Waals surface area contributed by atoms with Crippen LogP contribution in [-0.2, 0) is 22.6 Å². The number of nitrogens with one attached hydrogen (secondary N) is 1. The molecule has 0 saturated carbocycles. The Morgan fingerprint density at radius 3 is 3.11 bits per heavy atom. The lowest BCUT2D eigenvalue weighted by molar-refractivity contribution is -0.109. The molecule has 2 aliphatic rings. The lowest BCUT2D eigenvalue weighted by Crippen LogP contribution is -2.49. The number of fused-ring (bicyclic) bond motifs is 1. The minimum Gasteiger partial charge on any atom is -0.461 e. The van der Waals surface area contributed by atoms with E-state index in [9.17, 15) is 4.79 Å². The van der Waals surface area contributed by atoms with Gasteiger partial charge in [-0.25, -0.2) is 4.79 Å². The number of nitrogens with zero attached hydrogens (tertiary/aromatic N) is 2. The van der Waals surface area contributed by atoms with Crippen molar-refractivity contribution in [2.45, 2.75) is 38.5 Å². The number of piperidine rings is 1. The lowest BCUT2D eigenvalue weighted by atomic mass is 9.91. The Kier molecular flexibility index (Phi) is 3.28. The summed E-state index contributed by atoms with van der Waals surface area (Å²) in [6, 6.07) is 1.77. The highest BCUT2D eigenvalue weighted by Crippen LogP contribution is 2.31. The zero-order valence-electron chi connectivity index (χ0n) is 11.1. The van der Waals surface area contributed by atoms with Gasteiger partial charge in [0.05, 0.1) is 31.1 Å². The van der Waals surface area contributed by atoms with Crippen LogP contribution < -0.4 is 5.32 Å². The summed E-state index contributed by atoms with van der Waals surface area (Å²) in [5.41, 5.74) is 1.22. The molecule has 0 aliphatic carbocycles. The van der Waals surface area contributed by atoms with Gasteiger partial charge in [-0.1, -0.05) is 0 Å². The fraction of sp³-hybridized carbons (Fsp3) is 0.692. The van der Waals surface area contributed by atoms with Crippen LogP contribution in [0.4, 0.5) is 0 Å². The molecule has 0 atom stereocenters. The first-order valence-corrected chi connectivity index (χ1v) is 6.81. The van der Waals surface area contributed by atoms with E-state index in [0.29, 0.717) is 18.9 Å². The summed E-state index contributed by atoms with van der Waals surface area (Å²) in [7, 11) is 0. The third-order valence-corrected chi connectivity index (χ3v) is 3.83. The number of hydrogen-bond acceptors (Lipinski definition) is 5. The van der Waals surface area contributed by atoms with Crippen molar-refractivity contribution in [2.75, 3.05) is 19.7 Å². The molecule has 3 rings (SSSR count). The summed E-state index contributed by atoms with van der Waals surface area (Å²) in [6.45, 7) is 5.35. The summed E-state index contributed by atoms with van der Waals surface area (Å²) >= 11 is 0.